The topological polar surface area (TPSA) is 131 Å². The van der Waals surface area contributed by atoms with Crippen LogP contribution in [0, 0.1) is 0 Å². The van der Waals surface area contributed by atoms with Crippen molar-refractivity contribution in [3.8, 4) is 0 Å². The van der Waals surface area contributed by atoms with Crippen LogP contribution in [0.1, 0.15) is 12.6 Å². The molecule has 2 heterocycles. The lowest BCUT2D eigenvalue weighted by Crippen LogP contribution is -2.35. The van der Waals surface area contributed by atoms with Gasteiger partial charge in [0.2, 0.25) is 0 Å². The van der Waals surface area contributed by atoms with Crippen LogP contribution in [0.25, 0.3) is 0 Å². The highest BCUT2D eigenvalue weighted by Crippen LogP contribution is 2.38. The average molecular weight is 318 g/mol. The van der Waals surface area contributed by atoms with Crippen LogP contribution in [0.3, 0.4) is 0 Å². The Kier molecular flexibility index (Phi) is 4.60. The minimum Gasteiger partial charge on any atom is -0.377 e. The number of methoxy groups -OCH3 is 1. The quantitative estimate of drug-likeness (QED) is 0.640. The second kappa shape index (κ2) is 6.08. The van der Waals surface area contributed by atoms with E-state index in [2.05, 4.69) is 4.98 Å². The number of hydrogen-bond donors (Lipinski definition) is 3. The molecular formula is C11H15N2O7P. The lowest BCUT2D eigenvalue weighted by molar-refractivity contribution is -0.0431. The Morgan fingerprint density at radius 2 is 2.24 bits per heavy atom. The summed E-state index contributed by atoms with van der Waals surface area (Å²) in [5.41, 5.74) is -1.17. The number of hydrogen-bond acceptors (Lipinski definition) is 5. The van der Waals surface area contributed by atoms with Gasteiger partial charge in [0.25, 0.3) is 5.56 Å². The van der Waals surface area contributed by atoms with Crippen molar-refractivity contribution in [3.05, 3.63) is 45.0 Å². The van der Waals surface area contributed by atoms with Gasteiger partial charge in [-0.25, -0.2) is 4.79 Å². The molecule has 1 saturated heterocycles. The molecule has 1 aliphatic heterocycles. The van der Waals surface area contributed by atoms with Gasteiger partial charge < -0.3 is 19.3 Å². The summed E-state index contributed by atoms with van der Waals surface area (Å²) in [5, 5.41) is 0. The van der Waals surface area contributed by atoms with Gasteiger partial charge in [-0.15, -0.1) is 0 Å². The molecule has 0 unspecified atom stereocenters. The minimum atomic E-state index is -4.27. The molecule has 0 radical (unpaired) electrons. The Hall–Kier alpha value is -1.51. The van der Waals surface area contributed by atoms with E-state index in [9.17, 15) is 14.2 Å². The summed E-state index contributed by atoms with van der Waals surface area (Å²) >= 11 is 0. The van der Waals surface area contributed by atoms with Crippen LogP contribution in [-0.2, 0) is 14.0 Å². The standard InChI is InChI=1S/C11H15N2O7P/c1-19-8-6-7(3-5-21(16,17)18)20-10(8)13-4-2-9(14)12-11(13)15/h2-5,7-8,10H,6H2,1H3,(H,12,14,15)(H2,16,17,18)/b5-3+/t7-,8-,10-/m1/s1. The minimum absolute atomic E-state index is 0.323. The predicted octanol–water partition coefficient (Wildman–Crippen LogP) is -0.470. The molecule has 0 aromatic carbocycles. The normalized spacial score (nSPS) is 26.5. The fourth-order valence-electron chi connectivity index (χ4n) is 2.08. The zero-order valence-electron chi connectivity index (χ0n) is 11.1. The SMILES string of the molecule is CO[C@@H]1C[C@@H](/C=C/P(=O)(O)O)O[C@H]1n1ccc(=O)[nH]c1=O. The highest BCUT2D eigenvalue weighted by molar-refractivity contribution is 7.55. The van der Waals surface area contributed by atoms with Crippen LogP contribution in [0.5, 0.6) is 0 Å². The van der Waals surface area contributed by atoms with Gasteiger partial charge in [-0.1, -0.05) is 0 Å². The van der Waals surface area contributed by atoms with Crippen LogP contribution in [0.2, 0.25) is 0 Å². The molecule has 0 saturated carbocycles. The summed E-state index contributed by atoms with van der Waals surface area (Å²) in [5.74, 6) is 0.752. The van der Waals surface area contributed by atoms with Crippen LogP contribution >= 0.6 is 7.60 Å². The number of rotatable bonds is 4. The third-order valence-corrected chi connectivity index (χ3v) is 3.58. The maximum Gasteiger partial charge on any atom is 0.348 e. The van der Waals surface area contributed by atoms with Crippen molar-refractivity contribution in [2.24, 2.45) is 0 Å². The lowest BCUT2D eigenvalue weighted by Gasteiger charge is -2.18. The van der Waals surface area contributed by atoms with Crippen LogP contribution in [-0.4, -0.2) is 38.7 Å². The molecule has 0 aliphatic carbocycles. The van der Waals surface area contributed by atoms with E-state index in [1.54, 1.807) is 0 Å². The van der Waals surface area contributed by atoms with Crippen LogP contribution in [0.4, 0.5) is 0 Å². The van der Waals surface area contributed by atoms with E-state index in [0.717, 1.165) is 5.82 Å². The van der Waals surface area contributed by atoms with Crippen molar-refractivity contribution >= 4 is 7.60 Å². The Morgan fingerprint density at radius 3 is 2.81 bits per heavy atom. The second-order valence-electron chi connectivity index (χ2n) is 4.52. The summed E-state index contributed by atoms with van der Waals surface area (Å²) in [6.45, 7) is 0. The first-order valence-electron chi connectivity index (χ1n) is 6.04. The zero-order valence-corrected chi connectivity index (χ0v) is 12.0. The average Bonchev–Trinajstić information content (AvgIpc) is 2.79. The van der Waals surface area contributed by atoms with E-state index >= 15 is 0 Å². The third kappa shape index (κ3) is 3.99. The van der Waals surface area contributed by atoms with Crippen molar-refractivity contribution in [2.45, 2.75) is 24.9 Å². The first-order valence-corrected chi connectivity index (χ1v) is 7.72. The van der Waals surface area contributed by atoms with Crippen molar-refractivity contribution in [2.75, 3.05) is 7.11 Å². The molecular weight excluding hydrogens is 303 g/mol. The van der Waals surface area contributed by atoms with Gasteiger partial charge in [0.1, 0.15) is 6.10 Å². The Morgan fingerprint density at radius 1 is 1.52 bits per heavy atom. The molecule has 116 valence electrons. The maximum absolute atomic E-state index is 11.7. The zero-order chi connectivity index (χ0) is 15.6. The molecule has 3 N–H and O–H groups in total. The number of nitrogens with one attached hydrogen (secondary N) is 1. The number of H-pyrrole nitrogens is 1. The van der Waals surface area contributed by atoms with E-state index in [0.29, 0.717) is 6.42 Å². The van der Waals surface area contributed by atoms with E-state index in [1.807, 2.05) is 0 Å². The number of aromatic amines is 1. The Labute approximate surface area is 119 Å². The van der Waals surface area contributed by atoms with Crippen LogP contribution in [0.15, 0.2) is 33.7 Å². The first kappa shape index (κ1) is 15.9. The van der Waals surface area contributed by atoms with Crippen LogP contribution < -0.4 is 11.2 Å². The maximum atomic E-state index is 11.7. The monoisotopic (exact) mass is 318 g/mol. The fourth-order valence-corrected chi connectivity index (χ4v) is 2.50. The highest BCUT2D eigenvalue weighted by Gasteiger charge is 2.36. The number of aromatic nitrogens is 2. The lowest BCUT2D eigenvalue weighted by atomic mass is 10.2. The van der Waals surface area contributed by atoms with E-state index < -0.39 is 37.3 Å². The van der Waals surface area contributed by atoms with Gasteiger partial charge in [-0.05, 0) is 6.08 Å². The third-order valence-electron chi connectivity index (χ3n) is 3.02. The molecule has 1 aliphatic rings. The van der Waals surface area contributed by atoms with Crippen molar-refractivity contribution in [1.29, 1.82) is 0 Å². The molecule has 1 fully saturated rings. The van der Waals surface area contributed by atoms with E-state index in [-0.39, 0.29) is 0 Å². The molecule has 21 heavy (non-hydrogen) atoms. The summed E-state index contributed by atoms with van der Waals surface area (Å²) in [6, 6.07) is 1.18. The molecule has 0 amide bonds. The molecule has 9 nitrogen and oxygen atoms in total. The molecule has 3 atom stereocenters. The molecule has 1 aromatic rings. The van der Waals surface area contributed by atoms with Crippen molar-refractivity contribution in [3.63, 3.8) is 0 Å². The first-order chi connectivity index (χ1) is 9.80. The number of nitrogens with zero attached hydrogens (tertiary/aromatic N) is 1. The molecule has 2 rings (SSSR count). The summed E-state index contributed by atoms with van der Waals surface area (Å²) in [4.78, 5) is 42.5. The largest absolute Gasteiger partial charge is 0.377 e. The van der Waals surface area contributed by atoms with Crippen molar-refractivity contribution < 1.29 is 23.8 Å². The molecule has 10 heteroatoms. The smallest absolute Gasteiger partial charge is 0.348 e. The fraction of sp³-hybridized carbons (Fsp3) is 0.455. The summed E-state index contributed by atoms with van der Waals surface area (Å²) in [6.07, 6.45) is 0.969. The molecule has 0 bridgehead atoms. The number of ether oxygens (including phenoxy) is 2. The second-order valence-corrected chi connectivity index (χ2v) is 6.00. The highest BCUT2D eigenvalue weighted by atomic mass is 31.2. The van der Waals surface area contributed by atoms with Gasteiger partial charge in [-0.3, -0.25) is 18.9 Å². The van der Waals surface area contributed by atoms with Gasteiger partial charge in [-0.2, -0.15) is 0 Å². The van der Waals surface area contributed by atoms with E-state index in [4.69, 9.17) is 19.3 Å². The predicted molar refractivity (Wildman–Crippen MR) is 71.8 cm³/mol. The van der Waals surface area contributed by atoms with Gasteiger partial charge in [0, 0.05) is 31.6 Å². The van der Waals surface area contributed by atoms with Gasteiger partial charge in [0.05, 0.1) is 6.10 Å². The summed E-state index contributed by atoms with van der Waals surface area (Å²) < 4.78 is 22.7. The molecule has 1 aromatic heterocycles. The Balaban J connectivity index is 2.24. The van der Waals surface area contributed by atoms with Gasteiger partial charge >= 0.3 is 13.3 Å². The van der Waals surface area contributed by atoms with Gasteiger partial charge in [0.15, 0.2) is 6.23 Å². The van der Waals surface area contributed by atoms with Crippen molar-refractivity contribution in [1.82, 2.24) is 9.55 Å². The molecule has 0 spiro atoms. The van der Waals surface area contributed by atoms with E-state index in [1.165, 1.54) is 30.0 Å². The Bertz CT molecular complexity index is 688. The summed E-state index contributed by atoms with van der Waals surface area (Å²) in [7, 11) is -2.83.